The van der Waals surface area contributed by atoms with Crippen LogP contribution in [0.1, 0.15) is 40.5 Å². The van der Waals surface area contributed by atoms with Gasteiger partial charge >= 0.3 is 0 Å². The molecule has 0 saturated heterocycles. The number of hydrogen-bond acceptors (Lipinski definition) is 1. The highest BCUT2D eigenvalue weighted by atomic mass is 15.3. The van der Waals surface area contributed by atoms with Gasteiger partial charge in [-0.15, -0.1) is 0 Å². The summed E-state index contributed by atoms with van der Waals surface area (Å²) in [5.41, 5.74) is 5.98. The lowest BCUT2D eigenvalue weighted by molar-refractivity contribution is 0.307. The predicted octanol–water partition coefficient (Wildman–Crippen LogP) is 1.83. The summed E-state index contributed by atoms with van der Waals surface area (Å²) < 4.78 is 0. The molecular formula is C11H23N3. The van der Waals surface area contributed by atoms with E-state index in [1.807, 2.05) is 0 Å². The zero-order chi connectivity index (χ0) is 10.7. The van der Waals surface area contributed by atoms with Crippen LogP contribution in [-0.2, 0) is 0 Å². The fourth-order valence-electron chi connectivity index (χ4n) is 1.43. The monoisotopic (exact) mass is 197 g/mol. The molecule has 1 aliphatic rings. The third-order valence-electron chi connectivity index (χ3n) is 2.34. The molecule has 0 spiro atoms. The molecule has 1 aliphatic carbocycles. The van der Waals surface area contributed by atoms with Crippen LogP contribution in [0.3, 0.4) is 0 Å². The lowest BCUT2D eigenvalue weighted by atomic mass is 10.2. The van der Waals surface area contributed by atoms with Gasteiger partial charge in [0.15, 0.2) is 5.96 Å². The van der Waals surface area contributed by atoms with E-state index >= 15 is 0 Å². The zero-order valence-electron chi connectivity index (χ0n) is 9.83. The Bertz CT molecular complexity index is 205. The van der Waals surface area contributed by atoms with E-state index in [-0.39, 0.29) is 0 Å². The molecule has 2 N–H and O–H groups in total. The Labute approximate surface area is 87.4 Å². The molecule has 0 radical (unpaired) electrons. The molecule has 0 unspecified atom stereocenters. The molecule has 0 bridgehead atoms. The van der Waals surface area contributed by atoms with Gasteiger partial charge in [-0.3, -0.25) is 0 Å². The SMILES string of the molecule is CC(C)CN(C(N)=NC1CC1)C(C)C. The standard InChI is InChI=1S/C11H23N3/c1-8(2)7-14(9(3)4)11(12)13-10-5-6-10/h8-10H,5-7H2,1-4H3,(H2,12,13). The summed E-state index contributed by atoms with van der Waals surface area (Å²) in [5.74, 6) is 1.36. The van der Waals surface area contributed by atoms with E-state index in [4.69, 9.17) is 5.73 Å². The van der Waals surface area contributed by atoms with Gasteiger partial charge in [-0.05, 0) is 32.6 Å². The van der Waals surface area contributed by atoms with E-state index in [1.165, 1.54) is 12.8 Å². The summed E-state index contributed by atoms with van der Waals surface area (Å²) in [6, 6.07) is 0.961. The van der Waals surface area contributed by atoms with Crippen molar-refractivity contribution in [3.63, 3.8) is 0 Å². The molecule has 3 nitrogen and oxygen atoms in total. The van der Waals surface area contributed by atoms with Crippen LogP contribution < -0.4 is 5.73 Å². The molecule has 0 heterocycles. The van der Waals surface area contributed by atoms with Crippen molar-refractivity contribution in [1.82, 2.24) is 4.90 Å². The van der Waals surface area contributed by atoms with Crippen molar-refractivity contribution in [2.45, 2.75) is 52.6 Å². The Morgan fingerprint density at radius 1 is 1.36 bits per heavy atom. The maximum Gasteiger partial charge on any atom is 0.191 e. The minimum atomic E-state index is 0.444. The number of aliphatic imine (C=N–C) groups is 1. The Hall–Kier alpha value is -0.730. The van der Waals surface area contributed by atoms with Gasteiger partial charge in [0.1, 0.15) is 0 Å². The quantitative estimate of drug-likeness (QED) is 0.552. The second-order valence-corrected chi connectivity index (χ2v) is 4.86. The number of guanidine groups is 1. The van der Waals surface area contributed by atoms with Gasteiger partial charge in [0, 0.05) is 12.6 Å². The highest BCUT2D eigenvalue weighted by molar-refractivity contribution is 5.78. The molecule has 0 amide bonds. The second-order valence-electron chi connectivity index (χ2n) is 4.86. The van der Waals surface area contributed by atoms with Crippen molar-refractivity contribution in [1.29, 1.82) is 0 Å². The van der Waals surface area contributed by atoms with Crippen molar-refractivity contribution >= 4 is 5.96 Å². The van der Waals surface area contributed by atoms with Crippen LogP contribution in [0.2, 0.25) is 0 Å². The molecule has 82 valence electrons. The average Bonchev–Trinajstić information content (AvgIpc) is 2.82. The van der Waals surface area contributed by atoms with Crippen LogP contribution in [0.4, 0.5) is 0 Å². The van der Waals surface area contributed by atoms with Crippen molar-refractivity contribution in [2.75, 3.05) is 6.54 Å². The summed E-state index contributed by atoms with van der Waals surface area (Å²) in [7, 11) is 0. The number of nitrogens with zero attached hydrogens (tertiary/aromatic N) is 2. The topological polar surface area (TPSA) is 41.6 Å². The molecule has 0 aliphatic heterocycles. The Balaban J connectivity index is 2.55. The third-order valence-corrected chi connectivity index (χ3v) is 2.34. The molecular weight excluding hydrogens is 174 g/mol. The lowest BCUT2D eigenvalue weighted by Crippen LogP contribution is -2.44. The first-order valence-corrected chi connectivity index (χ1v) is 5.60. The van der Waals surface area contributed by atoms with Crippen LogP contribution in [0.15, 0.2) is 4.99 Å². The van der Waals surface area contributed by atoms with Gasteiger partial charge in [0.05, 0.1) is 6.04 Å². The summed E-state index contributed by atoms with van der Waals surface area (Å²) >= 11 is 0. The van der Waals surface area contributed by atoms with E-state index in [0.717, 1.165) is 12.5 Å². The molecule has 14 heavy (non-hydrogen) atoms. The second kappa shape index (κ2) is 4.67. The van der Waals surface area contributed by atoms with Gasteiger partial charge in [-0.1, -0.05) is 13.8 Å². The molecule has 0 aromatic heterocycles. The van der Waals surface area contributed by atoms with Gasteiger partial charge in [0.25, 0.3) is 0 Å². The largest absolute Gasteiger partial charge is 0.370 e. The third kappa shape index (κ3) is 3.56. The van der Waals surface area contributed by atoms with Gasteiger partial charge in [-0.25, -0.2) is 4.99 Å². The van der Waals surface area contributed by atoms with Gasteiger partial charge < -0.3 is 10.6 Å². The molecule has 3 heteroatoms. The van der Waals surface area contributed by atoms with Crippen molar-refractivity contribution in [2.24, 2.45) is 16.6 Å². The van der Waals surface area contributed by atoms with Crippen molar-refractivity contribution in [3.05, 3.63) is 0 Å². The summed E-state index contributed by atoms with van der Waals surface area (Å²) in [5, 5.41) is 0. The van der Waals surface area contributed by atoms with Crippen LogP contribution in [-0.4, -0.2) is 29.5 Å². The number of rotatable bonds is 4. The molecule has 1 saturated carbocycles. The van der Waals surface area contributed by atoms with Crippen LogP contribution in [0.25, 0.3) is 0 Å². The highest BCUT2D eigenvalue weighted by Gasteiger charge is 2.22. The number of hydrogen-bond donors (Lipinski definition) is 1. The fraction of sp³-hybridized carbons (Fsp3) is 0.909. The molecule has 0 aromatic carbocycles. The average molecular weight is 197 g/mol. The summed E-state index contributed by atoms with van der Waals surface area (Å²) in [6.45, 7) is 9.74. The first-order valence-electron chi connectivity index (χ1n) is 5.60. The van der Waals surface area contributed by atoms with E-state index in [9.17, 15) is 0 Å². The summed E-state index contributed by atoms with van der Waals surface area (Å²) in [4.78, 5) is 6.68. The molecule has 1 rings (SSSR count). The highest BCUT2D eigenvalue weighted by Crippen LogP contribution is 2.23. The van der Waals surface area contributed by atoms with E-state index in [1.54, 1.807) is 0 Å². The normalized spacial score (nSPS) is 18.0. The first-order chi connectivity index (χ1) is 6.50. The first kappa shape index (κ1) is 11.3. The van der Waals surface area contributed by atoms with Crippen LogP contribution in [0.5, 0.6) is 0 Å². The maximum atomic E-state index is 5.98. The minimum absolute atomic E-state index is 0.444. The Kier molecular flexibility index (Phi) is 3.78. The minimum Gasteiger partial charge on any atom is -0.370 e. The van der Waals surface area contributed by atoms with Gasteiger partial charge in [-0.2, -0.15) is 0 Å². The number of nitrogens with two attached hydrogens (primary N) is 1. The van der Waals surface area contributed by atoms with Gasteiger partial charge in [0.2, 0.25) is 0 Å². The predicted molar refractivity (Wildman–Crippen MR) is 61.3 cm³/mol. The van der Waals surface area contributed by atoms with Crippen molar-refractivity contribution in [3.8, 4) is 0 Å². The Morgan fingerprint density at radius 2 is 1.93 bits per heavy atom. The maximum absolute atomic E-state index is 5.98. The zero-order valence-corrected chi connectivity index (χ0v) is 9.83. The lowest BCUT2D eigenvalue weighted by Gasteiger charge is -2.29. The van der Waals surface area contributed by atoms with Crippen molar-refractivity contribution < 1.29 is 0 Å². The van der Waals surface area contributed by atoms with E-state index in [0.29, 0.717) is 18.0 Å². The molecule has 1 fully saturated rings. The van der Waals surface area contributed by atoms with Crippen LogP contribution >= 0.6 is 0 Å². The summed E-state index contributed by atoms with van der Waals surface area (Å²) in [6.07, 6.45) is 2.43. The molecule has 0 aromatic rings. The Morgan fingerprint density at radius 3 is 2.29 bits per heavy atom. The van der Waals surface area contributed by atoms with Crippen LogP contribution in [0, 0.1) is 5.92 Å². The molecule has 0 atom stereocenters. The van der Waals surface area contributed by atoms with E-state index < -0.39 is 0 Å². The smallest absolute Gasteiger partial charge is 0.191 e. The van der Waals surface area contributed by atoms with E-state index in [2.05, 4.69) is 37.6 Å². The fourth-order valence-corrected chi connectivity index (χ4v) is 1.43.